The maximum atomic E-state index is 10.6. The summed E-state index contributed by atoms with van der Waals surface area (Å²) in [5, 5.41) is 14.2. The number of hydrogen-bond acceptors (Lipinski definition) is 6. The van der Waals surface area contributed by atoms with Gasteiger partial charge in [0.1, 0.15) is 11.9 Å². The van der Waals surface area contributed by atoms with E-state index in [1.54, 1.807) is 0 Å². The molecule has 0 amide bonds. The van der Waals surface area contributed by atoms with E-state index in [0.717, 1.165) is 35.5 Å². The molecule has 2 fully saturated rings. The second-order valence-electron chi connectivity index (χ2n) is 8.37. The molecule has 1 aromatic carbocycles. The summed E-state index contributed by atoms with van der Waals surface area (Å²) in [5.41, 5.74) is 8.51. The maximum absolute atomic E-state index is 10.6. The van der Waals surface area contributed by atoms with E-state index >= 15 is 0 Å². The van der Waals surface area contributed by atoms with Gasteiger partial charge in [0.15, 0.2) is 0 Å². The van der Waals surface area contributed by atoms with Gasteiger partial charge in [0.25, 0.3) is 0 Å². The van der Waals surface area contributed by atoms with Crippen LogP contribution in [0.3, 0.4) is 0 Å². The average Bonchev–Trinajstić information content (AvgIpc) is 3.00. The minimum atomic E-state index is -5.08. The van der Waals surface area contributed by atoms with Gasteiger partial charge in [0.2, 0.25) is 0 Å². The Morgan fingerprint density at radius 1 is 0.919 bits per heavy atom. The molecule has 37 heavy (non-hydrogen) atoms. The maximum Gasteiger partial charge on any atom is 0.490 e. The minimum Gasteiger partial charge on any atom is -0.489 e. The van der Waals surface area contributed by atoms with Gasteiger partial charge in [-0.1, -0.05) is 12.1 Å². The summed E-state index contributed by atoms with van der Waals surface area (Å²) in [6, 6.07) is 13.2. The van der Waals surface area contributed by atoms with Gasteiger partial charge in [-0.05, 0) is 57.0 Å². The number of ether oxygens (including phenoxy) is 1. The van der Waals surface area contributed by atoms with Crippen LogP contribution in [0.5, 0.6) is 5.75 Å². The molecule has 14 heteroatoms. The number of nitrogens with two attached hydrogens (primary N) is 1. The number of carboxylic acids is 2. The molecule has 2 aliphatic rings. The summed E-state index contributed by atoms with van der Waals surface area (Å²) in [4.78, 5) is 24.9. The number of aliphatic carboxylic acids is 2. The number of carbonyl (C=O) groups is 2. The first-order valence-electron chi connectivity index (χ1n) is 10.9. The summed E-state index contributed by atoms with van der Waals surface area (Å²) in [6.07, 6.45) is -3.11. The predicted octanol–water partition coefficient (Wildman–Crippen LogP) is 4.60. The normalized spacial score (nSPS) is 21.1. The molecule has 2 aliphatic heterocycles. The number of fused-ring (bicyclic) bond motifs is 2. The number of aromatic nitrogens is 1. The van der Waals surface area contributed by atoms with Crippen LogP contribution in [0.1, 0.15) is 25.7 Å². The molecular weight excluding hydrogens is 512 g/mol. The number of carboxylic acid groups (broad SMARTS) is 2. The Bertz CT molecular complexity index is 1010. The fraction of sp³-hybridized carbons (Fsp3) is 0.435. The molecule has 0 aliphatic carbocycles. The molecule has 2 saturated heterocycles. The lowest BCUT2D eigenvalue weighted by Gasteiger charge is -2.36. The highest BCUT2D eigenvalue weighted by Crippen LogP contribution is 2.36. The molecule has 0 saturated carbocycles. The number of nitrogens with zero attached hydrogens (tertiary/aromatic N) is 2. The van der Waals surface area contributed by atoms with Crippen LogP contribution in [0.15, 0.2) is 42.6 Å². The van der Waals surface area contributed by atoms with Crippen LogP contribution in [-0.4, -0.2) is 69.6 Å². The largest absolute Gasteiger partial charge is 0.490 e. The molecule has 2 atom stereocenters. The molecule has 2 aromatic rings. The number of hydrogen-bond donors (Lipinski definition) is 3. The van der Waals surface area contributed by atoms with Gasteiger partial charge in [0.05, 0.1) is 11.9 Å². The zero-order valence-corrected chi connectivity index (χ0v) is 19.5. The number of anilines is 1. The third-order valence-corrected chi connectivity index (χ3v) is 5.79. The van der Waals surface area contributed by atoms with Crippen molar-refractivity contribution in [3.63, 3.8) is 0 Å². The SMILES string of the molecule is CN1C2CCC1CC(Oc1ccc(-c3ccc(N)cc3)nc1)C2.O=C(O)C(F)(F)F.O=C(O)C(F)(F)F. The Hall–Kier alpha value is -3.55. The van der Waals surface area contributed by atoms with Crippen LogP contribution in [-0.2, 0) is 9.59 Å². The Balaban J connectivity index is 0.000000286. The van der Waals surface area contributed by atoms with Gasteiger partial charge < -0.3 is 25.6 Å². The van der Waals surface area contributed by atoms with E-state index in [4.69, 9.17) is 30.3 Å². The van der Waals surface area contributed by atoms with E-state index < -0.39 is 24.3 Å². The average molecular weight is 537 g/mol. The number of pyridine rings is 1. The highest BCUT2D eigenvalue weighted by molar-refractivity contribution is 5.73. The van der Waals surface area contributed by atoms with Crippen LogP contribution in [0, 0.1) is 0 Å². The third-order valence-electron chi connectivity index (χ3n) is 5.79. The molecule has 4 rings (SSSR count). The number of alkyl halides is 6. The van der Waals surface area contributed by atoms with E-state index in [-0.39, 0.29) is 0 Å². The number of benzene rings is 1. The first-order chi connectivity index (χ1) is 17.1. The van der Waals surface area contributed by atoms with Crippen LogP contribution in [0.4, 0.5) is 32.0 Å². The molecule has 3 heterocycles. The van der Waals surface area contributed by atoms with Gasteiger partial charge in [-0.15, -0.1) is 0 Å². The molecule has 2 bridgehead atoms. The van der Waals surface area contributed by atoms with E-state index in [1.165, 1.54) is 12.8 Å². The Morgan fingerprint density at radius 2 is 1.38 bits per heavy atom. The first-order valence-corrected chi connectivity index (χ1v) is 10.9. The molecule has 0 radical (unpaired) electrons. The van der Waals surface area contributed by atoms with Gasteiger partial charge in [-0.2, -0.15) is 26.3 Å². The van der Waals surface area contributed by atoms with Gasteiger partial charge in [-0.3, -0.25) is 4.98 Å². The lowest BCUT2D eigenvalue weighted by molar-refractivity contribution is -0.193. The van der Waals surface area contributed by atoms with E-state index in [1.807, 2.05) is 42.6 Å². The Kier molecular flexibility index (Phi) is 9.73. The van der Waals surface area contributed by atoms with Crippen LogP contribution >= 0.6 is 0 Å². The third kappa shape index (κ3) is 9.12. The molecule has 204 valence electrons. The van der Waals surface area contributed by atoms with E-state index in [2.05, 4.69) is 16.9 Å². The van der Waals surface area contributed by atoms with Gasteiger partial charge in [-0.25, -0.2) is 9.59 Å². The van der Waals surface area contributed by atoms with E-state index in [9.17, 15) is 26.3 Å². The number of rotatable bonds is 3. The molecule has 2 unspecified atom stereocenters. The van der Waals surface area contributed by atoms with Crippen molar-refractivity contribution >= 4 is 17.6 Å². The molecule has 1 aromatic heterocycles. The lowest BCUT2D eigenvalue weighted by Crippen LogP contribution is -2.43. The topological polar surface area (TPSA) is 126 Å². The van der Waals surface area contributed by atoms with E-state index in [0.29, 0.717) is 18.2 Å². The summed E-state index contributed by atoms with van der Waals surface area (Å²) in [6.45, 7) is 0. The monoisotopic (exact) mass is 537 g/mol. The lowest BCUT2D eigenvalue weighted by atomic mass is 10.0. The van der Waals surface area contributed by atoms with Crippen LogP contribution in [0.25, 0.3) is 11.3 Å². The fourth-order valence-electron chi connectivity index (χ4n) is 3.92. The van der Waals surface area contributed by atoms with Gasteiger partial charge in [0, 0.05) is 23.3 Å². The highest BCUT2D eigenvalue weighted by atomic mass is 19.4. The summed E-state index contributed by atoms with van der Waals surface area (Å²) in [7, 11) is 2.25. The smallest absolute Gasteiger partial charge is 0.489 e. The van der Waals surface area contributed by atoms with Crippen LogP contribution in [0.2, 0.25) is 0 Å². The van der Waals surface area contributed by atoms with Crippen molar-refractivity contribution in [2.45, 2.75) is 56.2 Å². The Labute approximate surface area is 207 Å². The van der Waals surface area contributed by atoms with Crippen molar-refractivity contribution in [1.82, 2.24) is 9.88 Å². The summed E-state index contributed by atoms with van der Waals surface area (Å²) in [5.74, 6) is -4.64. The molecule has 0 spiro atoms. The second-order valence-corrected chi connectivity index (χ2v) is 8.37. The quantitative estimate of drug-likeness (QED) is 0.383. The fourth-order valence-corrected chi connectivity index (χ4v) is 3.92. The summed E-state index contributed by atoms with van der Waals surface area (Å²) < 4.78 is 69.7. The number of nitrogen functional groups attached to an aromatic ring is 1. The first kappa shape index (κ1) is 29.7. The van der Waals surface area contributed by atoms with Crippen molar-refractivity contribution < 1.29 is 50.9 Å². The minimum absolute atomic E-state index is 0.327. The zero-order valence-electron chi connectivity index (χ0n) is 19.5. The Morgan fingerprint density at radius 3 is 1.76 bits per heavy atom. The summed E-state index contributed by atoms with van der Waals surface area (Å²) >= 11 is 0. The van der Waals surface area contributed by atoms with Crippen LogP contribution < -0.4 is 10.5 Å². The van der Waals surface area contributed by atoms with Crippen molar-refractivity contribution in [3.8, 4) is 17.0 Å². The molecule has 8 nitrogen and oxygen atoms in total. The predicted molar refractivity (Wildman–Crippen MR) is 120 cm³/mol. The molecule has 4 N–H and O–H groups in total. The molecular formula is C23H25F6N3O5. The second kappa shape index (κ2) is 12.1. The number of halogens is 6. The standard InChI is InChI=1S/C19H23N3O.2C2HF3O2/c1-22-15-6-7-16(22)11-18(10-15)23-17-8-9-19(21-12-17)13-2-4-14(20)5-3-13;2*3-2(4,5)1(6)7/h2-5,8-9,12,15-16,18H,6-7,10-11,20H2,1H3;2*(H,6,7). The van der Waals surface area contributed by atoms with Crippen molar-refractivity contribution in [2.75, 3.05) is 12.8 Å². The highest BCUT2D eigenvalue weighted by Gasteiger charge is 2.40. The number of piperidine rings is 1. The van der Waals surface area contributed by atoms with Crippen molar-refractivity contribution in [3.05, 3.63) is 42.6 Å². The zero-order chi connectivity index (χ0) is 28.0. The van der Waals surface area contributed by atoms with Crippen molar-refractivity contribution in [1.29, 1.82) is 0 Å². The van der Waals surface area contributed by atoms with Crippen molar-refractivity contribution in [2.24, 2.45) is 0 Å². The van der Waals surface area contributed by atoms with Gasteiger partial charge >= 0.3 is 24.3 Å².